The molecule has 0 aliphatic rings. The number of nitrogens with zero attached hydrogens (tertiary/aromatic N) is 3. The monoisotopic (exact) mass is 433 g/mol. The van der Waals surface area contributed by atoms with Gasteiger partial charge in [-0.05, 0) is 40.8 Å². The van der Waals surface area contributed by atoms with Crippen molar-refractivity contribution >= 4 is 57.3 Å². The van der Waals surface area contributed by atoms with Gasteiger partial charge in [-0.3, -0.25) is 0 Å². The van der Waals surface area contributed by atoms with Crippen molar-refractivity contribution in [1.29, 1.82) is 0 Å². The highest BCUT2D eigenvalue weighted by Crippen LogP contribution is 2.31. The Morgan fingerprint density at radius 3 is 2.95 bits per heavy atom. The minimum Gasteiger partial charge on any atom is -0.383 e. The van der Waals surface area contributed by atoms with Crippen LogP contribution in [0, 0.1) is 3.57 Å². The fourth-order valence-corrected chi connectivity index (χ4v) is 2.52. The average Bonchev–Trinajstić information content (AvgIpc) is 2.48. The quantitative estimate of drug-likeness (QED) is 0.682. The third-order valence-corrected chi connectivity index (χ3v) is 3.96. The van der Waals surface area contributed by atoms with E-state index in [1.807, 2.05) is 25.2 Å². The van der Waals surface area contributed by atoms with Crippen LogP contribution in [-0.4, -0.2) is 37.3 Å². The molecule has 8 heteroatoms. The molecule has 0 amide bonds. The van der Waals surface area contributed by atoms with Crippen LogP contribution < -0.4 is 16.0 Å². The van der Waals surface area contributed by atoms with Crippen LogP contribution in [0.3, 0.4) is 0 Å². The van der Waals surface area contributed by atoms with Gasteiger partial charge >= 0.3 is 0 Å². The zero-order chi connectivity index (χ0) is 16.1. The van der Waals surface area contributed by atoms with E-state index in [9.17, 15) is 0 Å². The van der Waals surface area contributed by atoms with Crippen molar-refractivity contribution in [1.82, 2.24) is 9.97 Å². The molecule has 1 heterocycles. The van der Waals surface area contributed by atoms with Crippen LogP contribution >= 0.6 is 34.2 Å². The first-order valence-electron chi connectivity index (χ1n) is 6.56. The maximum atomic E-state index is 6.12. The molecule has 3 N–H and O–H groups in total. The third-order valence-electron chi connectivity index (χ3n) is 3.02. The summed E-state index contributed by atoms with van der Waals surface area (Å²) >= 11 is 8.38. The summed E-state index contributed by atoms with van der Waals surface area (Å²) < 4.78 is 6.23. The van der Waals surface area contributed by atoms with Crippen molar-refractivity contribution < 1.29 is 4.74 Å². The molecular formula is C14H17ClIN5O. The van der Waals surface area contributed by atoms with Crippen molar-refractivity contribution in [3.8, 4) is 0 Å². The molecule has 0 fully saturated rings. The van der Waals surface area contributed by atoms with E-state index in [0.29, 0.717) is 17.4 Å². The zero-order valence-electron chi connectivity index (χ0n) is 12.3. The first kappa shape index (κ1) is 17.0. The molecule has 0 aliphatic carbocycles. The Morgan fingerprint density at radius 1 is 1.45 bits per heavy atom. The van der Waals surface area contributed by atoms with E-state index in [1.54, 1.807) is 7.11 Å². The largest absolute Gasteiger partial charge is 0.383 e. The predicted octanol–water partition coefficient (Wildman–Crippen LogP) is 3.14. The fraction of sp³-hybridized carbons (Fsp3) is 0.286. The molecule has 6 nitrogen and oxygen atoms in total. The van der Waals surface area contributed by atoms with Gasteiger partial charge in [-0.25, -0.2) is 4.98 Å². The maximum Gasteiger partial charge on any atom is 0.222 e. The number of nitrogen functional groups attached to an aromatic ring is 1. The topological polar surface area (TPSA) is 76.3 Å². The second-order valence-electron chi connectivity index (χ2n) is 4.63. The molecule has 2 aromatic rings. The van der Waals surface area contributed by atoms with Crippen LogP contribution in [0.25, 0.3) is 0 Å². The smallest absolute Gasteiger partial charge is 0.222 e. The lowest BCUT2D eigenvalue weighted by atomic mass is 10.2. The maximum absolute atomic E-state index is 6.12. The highest BCUT2D eigenvalue weighted by Gasteiger charge is 2.11. The van der Waals surface area contributed by atoms with E-state index in [0.717, 1.165) is 21.5 Å². The van der Waals surface area contributed by atoms with Crippen LogP contribution in [0.4, 0.5) is 23.1 Å². The van der Waals surface area contributed by atoms with Gasteiger partial charge in [-0.2, -0.15) is 4.98 Å². The van der Waals surface area contributed by atoms with E-state index < -0.39 is 0 Å². The van der Waals surface area contributed by atoms with E-state index in [2.05, 4.69) is 42.8 Å². The van der Waals surface area contributed by atoms with Crippen molar-refractivity contribution in [3.05, 3.63) is 33.0 Å². The summed E-state index contributed by atoms with van der Waals surface area (Å²) in [5.41, 5.74) is 7.54. The molecule has 0 saturated carbocycles. The number of methoxy groups -OCH3 is 1. The molecule has 0 unspecified atom stereocenters. The lowest BCUT2D eigenvalue weighted by Gasteiger charge is -2.23. The van der Waals surface area contributed by atoms with Crippen molar-refractivity contribution in [2.75, 3.05) is 43.3 Å². The molecule has 0 radical (unpaired) electrons. The molecule has 0 atom stereocenters. The predicted molar refractivity (Wildman–Crippen MR) is 99.0 cm³/mol. The Kier molecular flexibility index (Phi) is 6.04. The number of ether oxygens (including phenoxy) is 1. The summed E-state index contributed by atoms with van der Waals surface area (Å²) in [4.78, 5) is 10.1. The first-order valence-corrected chi connectivity index (χ1v) is 8.01. The van der Waals surface area contributed by atoms with Gasteiger partial charge in [0.25, 0.3) is 0 Å². The number of anilines is 4. The fourth-order valence-electron chi connectivity index (χ4n) is 1.89. The Labute approximate surface area is 148 Å². The van der Waals surface area contributed by atoms with Gasteiger partial charge in [-0.1, -0.05) is 11.6 Å². The number of hydrogen-bond donors (Lipinski definition) is 2. The summed E-state index contributed by atoms with van der Waals surface area (Å²) in [7, 11) is 3.69. The highest BCUT2D eigenvalue weighted by molar-refractivity contribution is 14.1. The third kappa shape index (κ3) is 4.34. The van der Waals surface area contributed by atoms with Gasteiger partial charge in [0.15, 0.2) is 5.82 Å². The van der Waals surface area contributed by atoms with E-state index in [4.69, 9.17) is 22.1 Å². The normalized spacial score (nSPS) is 10.5. The Balaban J connectivity index is 2.32. The lowest BCUT2D eigenvalue weighted by molar-refractivity contribution is 0.206. The van der Waals surface area contributed by atoms with E-state index >= 15 is 0 Å². The van der Waals surface area contributed by atoms with Crippen molar-refractivity contribution in [2.24, 2.45) is 0 Å². The van der Waals surface area contributed by atoms with E-state index in [-0.39, 0.29) is 5.95 Å². The number of halogens is 2. The zero-order valence-corrected chi connectivity index (χ0v) is 15.2. The number of benzene rings is 1. The standard InChI is InChI=1S/C14H17ClIN5O/c1-21(5-6-22-2)12-4-3-9(16)7-11(12)19-13-10(15)8-18-14(17)20-13/h3-4,7-8H,5-6H2,1-2H3,(H3,17,18,19,20). The van der Waals surface area contributed by atoms with Gasteiger partial charge in [0.05, 0.1) is 24.2 Å². The second kappa shape index (κ2) is 7.80. The number of aromatic nitrogens is 2. The molecule has 2 rings (SSSR count). The van der Waals surface area contributed by atoms with Crippen LogP contribution in [0.15, 0.2) is 24.4 Å². The molecule has 0 spiro atoms. The summed E-state index contributed by atoms with van der Waals surface area (Å²) in [5.74, 6) is 0.657. The summed E-state index contributed by atoms with van der Waals surface area (Å²) in [6, 6.07) is 6.10. The van der Waals surface area contributed by atoms with Gasteiger partial charge in [-0.15, -0.1) is 0 Å². The minimum absolute atomic E-state index is 0.173. The minimum atomic E-state index is 0.173. The Bertz CT molecular complexity index is 655. The Morgan fingerprint density at radius 2 is 2.23 bits per heavy atom. The molecule has 1 aromatic heterocycles. The second-order valence-corrected chi connectivity index (χ2v) is 6.28. The number of likely N-dealkylation sites (N-methyl/N-ethyl adjacent to an activating group) is 1. The summed E-state index contributed by atoms with van der Waals surface area (Å²) in [6.07, 6.45) is 1.48. The Hall–Kier alpha value is -1.32. The van der Waals surface area contributed by atoms with E-state index in [1.165, 1.54) is 6.20 Å². The van der Waals surface area contributed by atoms with Gasteiger partial charge in [0.2, 0.25) is 5.95 Å². The van der Waals surface area contributed by atoms with Crippen LogP contribution in [-0.2, 0) is 4.74 Å². The summed E-state index contributed by atoms with van der Waals surface area (Å²) in [6.45, 7) is 1.41. The van der Waals surface area contributed by atoms with Gasteiger partial charge in [0.1, 0.15) is 5.02 Å². The average molecular weight is 434 g/mol. The van der Waals surface area contributed by atoms with Crippen molar-refractivity contribution in [2.45, 2.75) is 0 Å². The van der Waals surface area contributed by atoms with Crippen LogP contribution in [0.5, 0.6) is 0 Å². The van der Waals surface area contributed by atoms with Gasteiger partial charge in [0, 0.05) is 24.3 Å². The number of hydrogen-bond acceptors (Lipinski definition) is 6. The molecule has 1 aromatic carbocycles. The summed E-state index contributed by atoms with van der Waals surface area (Å²) in [5, 5.41) is 3.64. The molecule has 22 heavy (non-hydrogen) atoms. The molecule has 0 aliphatic heterocycles. The molecule has 118 valence electrons. The molecular weight excluding hydrogens is 417 g/mol. The molecule has 0 bridgehead atoms. The van der Waals surface area contributed by atoms with Crippen LogP contribution in [0.1, 0.15) is 0 Å². The number of nitrogens with one attached hydrogen (secondary N) is 1. The lowest BCUT2D eigenvalue weighted by Crippen LogP contribution is -2.23. The number of rotatable bonds is 6. The highest BCUT2D eigenvalue weighted by atomic mass is 127. The van der Waals surface area contributed by atoms with Gasteiger partial charge < -0.3 is 20.7 Å². The number of nitrogens with two attached hydrogens (primary N) is 1. The SMILES string of the molecule is COCCN(C)c1ccc(I)cc1Nc1nc(N)ncc1Cl. The molecule has 0 saturated heterocycles. The first-order chi connectivity index (χ1) is 10.5. The van der Waals surface area contributed by atoms with Crippen molar-refractivity contribution in [3.63, 3.8) is 0 Å². The van der Waals surface area contributed by atoms with Crippen LogP contribution in [0.2, 0.25) is 5.02 Å².